The van der Waals surface area contributed by atoms with E-state index in [2.05, 4.69) is 39.9 Å². The third-order valence-corrected chi connectivity index (χ3v) is 4.23. The van der Waals surface area contributed by atoms with Gasteiger partial charge in [0.05, 0.1) is 6.61 Å². The Morgan fingerprint density at radius 1 is 0.852 bits per heavy atom. The Balaban J connectivity index is 1.46. The number of benzene rings is 2. The van der Waals surface area contributed by atoms with Gasteiger partial charge in [-0.25, -0.2) is 4.39 Å². The molecule has 27 heavy (non-hydrogen) atoms. The molecule has 146 valence electrons. The number of hydrogen-bond acceptors (Lipinski definition) is 2. The smallest absolute Gasteiger partial charge is 0.190 e. The predicted molar refractivity (Wildman–Crippen MR) is 110 cm³/mol. The molecule has 5 heteroatoms. The molecule has 2 aromatic carbocycles. The van der Waals surface area contributed by atoms with E-state index in [1.807, 2.05) is 18.2 Å². The van der Waals surface area contributed by atoms with Crippen molar-refractivity contribution in [3.8, 4) is 0 Å². The van der Waals surface area contributed by atoms with Crippen molar-refractivity contribution in [1.82, 2.24) is 10.6 Å². The highest BCUT2D eigenvalue weighted by Crippen LogP contribution is 2.03. The lowest BCUT2D eigenvalue weighted by molar-refractivity contribution is 0.133. The molecule has 0 fully saturated rings. The van der Waals surface area contributed by atoms with Crippen LogP contribution in [0.2, 0.25) is 0 Å². The maximum atomic E-state index is 12.9. The lowest BCUT2D eigenvalue weighted by Gasteiger charge is -2.12. The molecule has 0 bridgehead atoms. The van der Waals surface area contributed by atoms with E-state index in [0.717, 1.165) is 63.5 Å². The van der Waals surface area contributed by atoms with E-state index in [4.69, 9.17) is 4.74 Å². The normalized spacial score (nSPS) is 11.4. The van der Waals surface area contributed by atoms with Gasteiger partial charge in [-0.2, -0.15) is 0 Å². The molecule has 0 heterocycles. The van der Waals surface area contributed by atoms with E-state index in [-0.39, 0.29) is 5.82 Å². The standard InChI is InChI=1S/C22H30FN3O/c1-24-22(26-16-13-20-9-11-21(23)12-10-20)25-15-5-6-17-27-18-14-19-7-3-2-4-8-19/h2-4,7-12H,5-6,13-18H2,1H3,(H2,24,25,26). The second kappa shape index (κ2) is 12.9. The van der Waals surface area contributed by atoms with Crippen LogP contribution in [0.1, 0.15) is 24.0 Å². The van der Waals surface area contributed by atoms with E-state index in [0.29, 0.717) is 0 Å². The maximum absolute atomic E-state index is 12.9. The summed E-state index contributed by atoms with van der Waals surface area (Å²) in [6.07, 6.45) is 3.85. The molecule has 0 aliphatic carbocycles. The highest BCUT2D eigenvalue weighted by atomic mass is 19.1. The molecule has 0 saturated carbocycles. The quantitative estimate of drug-likeness (QED) is 0.361. The average molecular weight is 372 g/mol. The van der Waals surface area contributed by atoms with Gasteiger partial charge in [-0.3, -0.25) is 4.99 Å². The topological polar surface area (TPSA) is 45.7 Å². The fraction of sp³-hybridized carbons (Fsp3) is 0.409. The summed E-state index contributed by atoms with van der Waals surface area (Å²) in [5, 5.41) is 6.58. The molecule has 0 amide bonds. The van der Waals surface area contributed by atoms with Gasteiger partial charge in [-0.1, -0.05) is 42.5 Å². The molecule has 0 aromatic heterocycles. The van der Waals surface area contributed by atoms with Crippen LogP contribution >= 0.6 is 0 Å². The molecule has 0 aliphatic rings. The summed E-state index contributed by atoms with van der Waals surface area (Å²) in [5.74, 6) is 0.593. The fourth-order valence-corrected chi connectivity index (χ4v) is 2.67. The Hall–Kier alpha value is -2.40. The van der Waals surface area contributed by atoms with E-state index >= 15 is 0 Å². The third kappa shape index (κ3) is 9.20. The highest BCUT2D eigenvalue weighted by Gasteiger charge is 1.99. The van der Waals surface area contributed by atoms with Crippen molar-refractivity contribution in [3.05, 3.63) is 71.5 Å². The molecule has 0 atom stereocenters. The van der Waals surface area contributed by atoms with Gasteiger partial charge in [0.2, 0.25) is 0 Å². The first kappa shape index (κ1) is 20.9. The lowest BCUT2D eigenvalue weighted by atomic mass is 10.1. The van der Waals surface area contributed by atoms with Gasteiger partial charge < -0.3 is 15.4 Å². The van der Waals surface area contributed by atoms with Gasteiger partial charge in [-0.15, -0.1) is 0 Å². The number of guanidine groups is 1. The van der Waals surface area contributed by atoms with Gasteiger partial charge in [-0.05, 0) is 48.9 Å². The molecule has 0 aliphatic heterocycles. The molecule has 2 rings (SSSR count). The minimum absolute atomic E-state index is 0.201. The molecule has 0 radical (unpaired) electrons. The summed E-state index contributed by atoms with van der Waals surface area (Å²) in [6.45, 7) is 3.17. The first-order valence-corrected chi connectivity index (χ1v) is 9.58. The zero-order valence-electron chi connectivity index (χ0n) is 16.1. The number of aliphatic imine (C=N–C) groups is 1. The van der Waals surface area contributed by atoms with Crippen molar-refractivity contribution in [1.29, 1.82) is 0 Å². The first-order chi connectivity index (χ1) is 13.3. The van der Waals surface area contributed by atoms with Crippen LogP contribution < -0.4 is 10.6 Å². The monoisotopic (exact) mass is 371 g/mol. The maximum Gasteiger partial charge on any atom is 0.190 e. The second-order valence-corrected chi connectivity index (χ2v) is 6.36. The molecule has 4 nitrogen and oxygen atoms in total. The number of unbranched alkanes of at least 4 members (excludes halogenated alkanes) is 1. The Labute approximate surface area is 161 Å². The van der Waals surface area contributed by atoms with Crippen LogP contribution in [-0.4, -0.2) is 39.3 Å². The number of halogens is 1. The van der Waals surface area contributed by atoms with Crippen LogP contribution in [0.15, 0.2) is 59.6 Å². The number of nitrogens with one attached hydrogen (secondary N) is 2. The largest absolute Gasteiger partial charge is 0.381 e. The van der Waals surface area contributed by atoms with Crippen molar-refractivity contribution in [2.24, 2.45) is 4.99 Å². The molecular weight excluding hydrogens is 341 g/mol. The minimum atomic E-state index is -0.201. The molecule has 2 aromatic rings. The number of rotatable bonds is 11. The van der Waals surface area contributed by atoms with Crippen molar-refractivity contribution in [2.45, 2.75) is 25.7 Å². The summed E-state index contributed by atoms with van der Waals surface area (Å²) in [7, 11) is 1.76. The Morgan fingerprint density at radius 3 is 2.30 bits per heavy atom. The van der Waals surface area contributed by atoms with Gasteiger partial charge in [0, 0.05) is 26.7 Å². The minimum Gasteiger partial charge on any atom is -0.381 e. The number of hydrogen-bond donors (Lipinski definition) is 2. The van der Waals surface area contributed by atoms with Crippen LogP contribution in [0.3, 0.4) is 0 Å². The van der Waals surface area contributed by atoms with Gasteiger partial charge >= 0.3 is 0 Å². The lowest BCUT2D eigenvalue weighted by Crippen LogP contribution is -2.38. The molecule has 0 saturated heterocycles. The number of nitrogens with zero attached hydrogens (tertiary/aromatic N) is 1. The molecule has 2 N–H and O–H groups in total. The number of ether oxygens (including phenoxy) is 1. The van der Waals surface area contributed by atoms with E-state index < -0.39 is 0 Å². The first-order valence-electron chi connectivity index (χ1n) is 9.58. The van der Waals surface area contributed by atoms with E-state index in [9.17, 15) is 4.39 Å². The summed E-state index contributed by atoms with van der Waals surface area (Å²) in [4.78, 5) is 4.22. The summed E-state index contributed by atoms with van der Waals surface area (Å²) in [5.41, 5.74) is 2.42. The third-order valence-electron chi connectivity index (χ3n) is 4.23. The van der Waals surface area contributed by atoms with Crippen LogP contribution in [-0.2, 0) is 17.6 Å². The van der Waals surface area contributed by atoms with E-state index in [1.165, 1.54) is 17.7 Å². The molecule has 0 unspecified atom stereocenters. The van der Waals surface area contributed by atoms with E-state index in [1.54, 1.807) is 7.05 Å². The SMILES string of the molecule is CN=C(NCCCCOCCc1ccccc1)NCCc1ccc(F)cc1. The highest BCUT2D eigenvalue weighted by molar-refractivity contribution is 5.79. The van der Waals surface area contributed by atoms with Gasteiger partial charge in [0.25, 0.3) is 0 Å². The van der Waals surface area contributed by atoms with Crippen LogP contribution in [0, 0.1) is 5.82 Å². The van der Waals surface area contributed by atoms with Crippen molar-refractivity contribution >= 4 is 5.96 Å². The summed E-state index contributed by atoms with van der Waals surface area (Å²) >= 11 is 0. The average Bonchev–Trinajstić information content (AvgIpc) is 2.70. The van der Waals surface area contributed by atoms with Crippen LogP contribution in [0.4, 0.5) is 4.39 Å². The van der Waals surface area contributed by atoms with Crippen molar-refractivity contribution in [3.63, 3.8) is 0 Å². The van der Waals surface area contributed by atoms with Crippen LogP contribution in [0.5, 0.6) is 0 Å². The summed E-state index contributed by atoms with van der Waals surface area (Å²) in [6, 6.07) is 17.0. The van der Waals surface area contributed by atoms with Gasteiger partial charge in [0.15, 0.2) is 5.96 Å². The Kier molecular flexibility index (Phi) is 9.97. The van der Waals surface area contributed by atoms with Crippen LogP contribution in [0.25, 0.3) is 0 Å². The van der Waals surface area contributed by atoms with Crippen molar-refractivity contribution in [2.75, 3.05) is 33.4 Å². The fourth-order valence-electron chi connectivity index (χ4n) is 2.67. The Bertz CT molecular complexity index is 659. The summed E-state index contributed by atoms with van der Waals surface area (Å²) < 4.78 is 18.6. The predicted octanol–water partition coefficient (Wildman–Crippen LogP) is 3.57. The zero-order chi connectivity index (χ0) is 19.2. The molecular formula is C22H30FN3O. The molecule has 0 spiro atoms. The Morgan fingerprint density at radius 2 is 1.56 bits per heavy atom. The van der Waals surface area contributed by atoms with Crippen molar-refractivity contribution < 1.29 is 9.13 Å². The van der Waals surface area contributed by atoms with Gasteiger partial charge in [0.1, 0.15) is 5.82 Å². The second-order valence-electron chi connectivity index (χ2n) is 6.36. The zero-order valence-corrected chi connectivity index (χ0v) is 16.1.